The van der Waals surface area contributed by atoms with Gasteiger partial charge in [0.1, 0.15) is 22.1 Å². The fourth-order valence-electron chi connectivity index (χ4n) is 4.89. The summed E-state index contributed by atoms with van der Waals surface area (Å²) in [5, 5.41) is 2.92. The summed E-state index contributed by atoms with van der Waals surface area (Å²) in [7, 11) is -3.84. The number of halogens is 3. The number of aromatic nitrogens is 2. The second-order valence-electron chi connectivity index (χ2n) is 10.6. The van der Waals surface area contributed by atoms with Crippen molar-refractivity contribution in [2.45, 2.75) is 31.3 Å². The molecule has 2 fully saturated rings. The molecule has 1 saturated carbocycles. The van der Waals surface area contributed by atoms with Crippen molar-refractivity contribution >= 4 is 43.6 Å². The molecule has 0 spiro atoms. The highest BCUT2D eigenvalue weighted by atomic mass is 79.9. The van der Waals surface area contributed by atoms with Crippen molar-refractivity contribution in [3.05, 3.63) is 57.9 Å². The maximum atomic E-state index is 13.6. The van der Waals surface area contributed by atoms with Gasteiger partial charge in [-0.1, -0.05) is 11.6 Å². The molecule has 3 aromatic rings. The van der Waals surface area contributed by atoms with Gasteiger partial charge in [0.05, 0.1) is 21.4 Å². The molecule has 2 heterocycles. The quantitative estimate of drug-likeness (QED) is 0.366. The average Bonchev–Trinajstić information content (AvgIpc) is 3.20. The van der Waals surface area contributed by atoms with Gasteiger partial charge in [-0.2, -0.15) is 4.31 Å². The van der Waals surface area contributed by atoms with Gasteiger partial charge < -0.3 is 15.0 Å². The van der Waals surface area contributed by atoms with Crippen molar-refractivity contribution in [2.24, 2.45) is 17.8 Å². The molecule has 0 unspecified atom stereocenters. The Balaban J connectivity index is 1.27. The third-order valence-corrected chi connectivity index (χ3v) is 9.77. The van der Waals surface area contributed by atoms with Gasteiger partial charge >= 0.3 is 6.09 Å². The van der Waals surface area contributed by atoms with Gasteiger partial charge in [-0.3, -0.25) is 0 Å². The Morgan fingerprint density at radius 1 is 1.21 bits per heavy atom. The highest BCUT2D eigenvalue weighted by molar-refractivity contribution is 9.10. The van der Waals surface area contributed by atoms with E-state index in [2.05, 4.69) is 31.2 Å². The smallest absolute Gasteiger partial charge is 0.407 e. The fourth-order valence-corrected chi connectivity index (χ4v) is 7.28. The number of imidazole rings is 1. The Bertz CT molecular complexity index is 1500. The van der Waals surface area contributed by atoms with Gasteiger partial charge in [0.25, 0.3) is 0 Å². The standard InChI is InChI=1S/C26H27BrClFN4O4S/c1-26(2,3)37-25(34)31-10-16-17-12-33(13-18(16)17)38(35,36)23-9-15(4-6-20(23)28)24-30-11-22(32-24)14-5-7-21(29)19(27)8-14/h4-9,11,16-18H,10,12-13H2,1-3H3,(H,30,32)(H,31,34)/t16-,17-,18+. The summed E-state index contributed by atoms with van der Waals surface area (Å²) in [5.74, 6) is 0.690. The number of nitrogens with one attached hydrogen (secondary N) is 2. The van der Waals surface area contributed by atoms with Crippen molar-refractivity contribution in [3.63, 3.8) is 0 Å². The van der Waals surface area contributed by atoms with Crippen molar-refractivity contribution in [2.75, 3.05) is 19.6 Å². The molecule has 1 saturated heterocycles. The molecule has 2 aromatic carbocycles. The van der Waals surface area contributed by atoms with Crippen LogP contribution >= 0.6 is 27.5 Å². The molecule has 0 bridgehead atoms. The average molecular weight is 626 g/mol. The zero-order chi connectivity index (χ0) is 27.4. The van der Waals surface area contributed by atoms with Crippen LogP contribution in [0.15, 0.2) is 52.0 Å². The van der Waals surface area contributed by atoms with Crippen LogP contribution < -0.4 is 5.32 Å². The summed E-state index contributed by atoms with van der Waals surface area (Å²) in [4.78, 5) is 19.5. The number of carbonyl (C=O) groups is 1. The molecular formula is C26H27BrClFN4O4S. The summed E-state index contributed by atoms with van der Waals surface area (Å²) in [6.45, 7) is 6.61. The van der Waals surface area contributed by atoms with Crippen molar-refractivity contribution in [1.29, 1.82) is 0 Å². The number of alkyl carbamates (subject to hydrolysis) is 1. The first kappa shape index (κ1) is 27.1. The number of piperidine rings is 1. The molecule has 8 nitrogen and oxygen atoms in total. The predicted molar refractivity (Wildman–Crippen MR) is 146 cm³/mol. The molecule has 202 valence electrons. The van der Waals surface area contributed by atoms with E-state index in [1.807, 2.05) is 0 Å². The lowest BCUT2D eigenvalue weighted by atomic mass is 10.2. The van der Waals surface area contributed by atoms with Crippen LogP contribution in [0.1, 0.15) is 20.8 Å². The van der Waals surface area contributed by atoms with E-state index in [0.29, 0.717) is 41.2 Å². The number of fused-ring (bicyclic) bond motifs is 1. The second-order valence-corrected chi connectivity index (χ2v) is 13.8. The molecule has 12 heteroatoms. The normalized spacial score (nSPS) is 21.3. The number of nitrogens with zero attached hydrogens (tertiary/aromatic N) is 2. The number of ether oxygens (including phenoxy) is 1. The molecular weight excluding hydrogens is 599 g/mol. The van der Waals surface area contributed by atoms with Gasteiger partial charge in [0.2, 0.25) is 10.0 Å². The third kappa shape index (κ3) is 5.47. The first-order valence-electron chi connectivity index (χ1n) is 12.1. The molecule has 38 heavy (non-hydrogen) atoms. The molecule has 1 aliphatic carbocycles. The minimum Gasteiger partial charge on any atom is -0.444 e. The Morgan fingerprint density at radius 2 is 1.89 bits per heavy atom. The van der Waals surface area contributed by atoms with E-state index in [0.717, 1.165) is 5.56 Å². The monoisotopic (exact) mass is 624 g/mol. The highest BCUT2D eigenvalue weighted by Crippen LogP contribution is 2.52. The van der Waals surface area contributed by atoms with Crippen LogP contribution in [0, 0.1) is 23.6 Å². The number of hydrogen-bond acceptors (Lipinski definition) is 5. The minimum atomic E-state index is -3.84. The number of rotatable bonds is 6. The first-order chi connectivity index (χ1) is 17.8. The molecule has 0 radical (unpaired) electrons. The third-order valence-electron chi connectivity index (χ3n) is 6.85. The Labute approximate surface area is 234 Å². The minimum absolute atomic E-state index is 0.0175. The Kier molecular flexibility index (Phi) is 7.08. The molecule has 3 atom stereocenters. The van der Waals surface area contributed by atoms with Gasteiger partial charge in [0.15, 0.2) is 0 Å². The summed E-state index contributed by atoms with van der Waals surface area (Å²) in [6, 6.07) is 9.39. The van der Waals surface area contributed by atoms with Crippen LogP contribution in [-0.2, 0) is 14.8 Å². The van der Waals surface area contributed by atoms with Crippen molar-refractivity contribution in [1.82, 2.24) is 19.6 Å². The predicted octanol–water partition coefficient (Wildman–Crippen LogP) is 5.69. The molecule has 1 aliphatic heterocycles. The second kappa shape index (κ2) is 9.93. The molecule has 2 N–H and O–H groups in total. The van der Waals surface area contributed by atoms with Crippen LogP contribution in [0.4, 0.5) is 9.18 Å². The summed E-state index contributed by atoms with van der Waals surface area (Å²) >= 11 is 9.54. The molecule has 2 aliphatic rings. The van der Waals surface area contributed by atoms with Crippen LogP contribution in [-0.4, -0.2) is 54.0 Å². The van der Waals surface area contributed by atoms with E-state index in [4.69, 9.17) is 16.3 Å². The topological polar surface area (TPSA) is 104 Å². The number of amides is 1. The number of H-pyrrole nitrogens is 1. The Morgan fingerprint density at radius 3 is 2.55 bits per heavy atom. The van der Waals surface area contributed by atoms with E-state index < -0.39 is 21.7 Å². The number of aromatic amines is 1. The van der Waals surface area contributed by atoms with E-state index in [1.54, 1.807) is 51.2 Å². The van der Waals surface area contributed by atoms with Gasteiger partial charge in [0, 0.05) is 30.8 Å². The lowest BCUT2D eigenvalue weighted by Gasteiger charge is -2.22. The first-order valence-corrected chi connectivity index (χ1v) is 14.7. The largest absolute Gasteiger partial charge is 0.444 e. The number of carbonyl (C=O) groups excluding carboxylic acids is 1. The van der Waals surface area contributed by atoms with Crippen LogP contribution in [0.25, 0.3) is 22.6 Å². The van der Waals surface area contributed by atoms with Crippen molar-refractivity contribution in [3.8, 4) is 22.6 Å². The molecule has 1 aromatic heterocycles. The van der Waals surface area contributed by atoms with E-state index in [9.17, 15) is 17.6 Å². The molecule has 1 amide bonds. The van der Waals surface area contributed by atoms with E-state index in [1.165, 1.54) is 16.4 Å². The summed E-state index contributed by atoms with van der Waals surface area (Å²) in [5.41, 5.74) is 1.37. The van der Waals surface area contributed by atoms with E-state index >= 15 is 0 Å². The lowest BCUT2D eigenvalue weighted by Crippen LogP contribution is -2.36. The maximum absolute atomic E-state index is 13.6. The van der Waals surface area contributed by atoms with Crippen LogP contribution in [0.5, 0.6) is 0 Å². The fraction of sp³-hybridized carbons (Fsp3) is 0.385. The molecule has 5 rings (SSSR count). The SMILES string of the molecule is CC(C)(C)OC(=O)NC[C@@H]1[C@H]2CN(S(=O)(=O)c3cc(-c4ncc(-c5ccc(F)c(Br)c5)[nH]4)ccc3Cl)C[C@@H]12. The lowest BCUT2D eigenvalue weighted by molar-refractivity contribution is 0.0523. The summed E-state index contributed by atoms with van der Waals surface area (Å²) in [6.07, 6.45) is 1.14. The van der Waals surface area contributed by atoms with E-state index in [-0.39, 0.29) is 33.5 Å². The Hall–Kier alpha value is -2.47. The van der Waals surface area contributed by atoms with Gasteiger partial charge in [-0.05, 0) is 90.9 Å². The van der Waals surface area contributed by atoms with Crippen LogP contribution in [0.2, 0.25) is 5.02 Å². The number of sulfonamides is 1. The number of hydrogen-bond donors (Lipinski definition) is 2. The number of benzene rings is 2. The zero-order valence-corrected chi connectivity index (χ0v) is 24.1. The van der Waals surface area contributed by atoms with Crippen molar-refractivity contribution < 1.29 is 22.3 Å². The summed E-state index contributed by atoms with van der Waals surface area (Å²) < 4.78 is 47.7. The zero-order valence-electron chi connectivity index (χ0n) is 21.0. The van der Waals surface area contributed by atoms with Gasteiger partial charge in [-0.25, -0.2) is 22.6 Å². The highest BCUT2D eigenvalue weighted by Gasteiger charge is 2.57. The van der Waals surface area contributed by atoms with Gasteiger partial charge in [-0.15, -0.1) is 0 Å². The maximum Gasteiger partial charge on any atom is 0.407 e. The van der Waals surface area contributed by atoms with Crippen LogP contribution in [0.3, 0.4) is 0 Å².